The van der Waals surface area contributed by atoms with Gasteiger partial charge in [0, 0.05) is 17.6 Å². The largest absolute Gasteiger partial charge is 0.494 e. The van der Waals surface area contributed by atoms with Gasteiger partial charge in [-0.2, -0.15) is 18.2 Å². The summed E-state index contributed by atoms with van der Waals surface area (Å²) >= 11 is 0. The maximum atomic E-state index is 13.5. The molecule has 2 aromatic carbocycles. The lowest BCUT2D eigenvalue weighted by atomic mass is 10.2. The van der Waals surface area contributed by atoms with Crippen LogP contribution in [0.15, 0.2) is 54.7 Å². The Kier molecular flexibility index (Phi) is 7.75. The van der Waals surface area contributed by atoms with Gasteiger partial charge in [0.15, 0.2) is 0 Å². The van der Waals surface area contributed by atoms with Gasteiger partial charge in [0.2, 0.25) is 5.95 Å². The van der Waals surface area contributed by atoms with Crippen LogP contribution in [0.5, 0.6) is 11.5 Å². The van der Waals surface area contributed by atoms with Crippen molar-refractivity contribution in [3.63, 3.8) is 0 Å². The second kappa shape index (κ2) is 10.7. The molecule has 0 aliphatic carbocycles. The number of benzene rings is 2. The maximum absolute atomic E-state index is 13.5. The van der Waals surface area contributed by atoms with Crippen LogP contribution >= 0.6 is 0 Å². The highest BCUT2D eigenvalue weighted by atomic mass is 19.4. The van der Waals surface area contributed by atoms with Crippen molar-refractivity contribution in [1.29, 1.82) is 0 Å². The van der Waals surface area contributed by atoms with Crippen LogP contribution in [0.3, 0.4) is 0 Å². The van der Waals surface area contributed by atoms with Crippen LogP contribution in [-0.4, -0.2) is 23.2 Å². The smallest absolute Gasteiger partial charge is 0.421 e. The summed E-state index contributed by atoms with van der Waals surface area (Å²) < 4.78 is 51.4. The maximum Gasteiger partial charge on any atom is 0.421 e. The summed E-state index contributed by atoms with van der Waals surface area (Å²) in [5.41, 5.74) is 0.106. The number of nitrogens with zero attached hydrogens (tertiary/aromatic N) is 2. The molecule has 1 aromatic heterocycles. The average molecular weight is 446 g/mol. The van der Waals surface area contributed by atoms with Crippen molar-refractivity contribution in [2.75, 3.05) is 23.8 Å². The van der Waals surface area contributed by atoms with E-state index in [0.29, 0.717) is 36.1 Å². The summed E-state index contributed by atoms with van der Waals surface area (Å²) in [6, 6.07) is 13.6. The summed E-state index contributed by atoms with van der Waals surface area (Å²) in [7, 11) is 0. The summed E-state index contributed by atoms with van der Waals surface area (Å²) in [4.78, 5) is 7.88. The number of unbranched alkanes of at least 4 members (excludes halogenated alkanes) is 1. The topological polar surface area (TPSA) is 68.3 Å². The van der Waals surface area contributed by atoms with E-state index < -0.39 is 11.7 Å². The van der Waals surface area contributed by atoms with E-state index in [1.54, 1.807) is 48.5 Å². The number of ether oxygens (including phenoxy) is 2. The van der Waals surface area contributed by atoms with Crippen molar-refractivity contribution >= 4 is 23.1 Å². The van der Waals surface area contributed by atoms with Gasteiger partial charge in [-0.05, 0) is 61.9 Å². The van der Waals surface area contributed by atoms with Crippen molar-refractivity contribution in [3.8, 4) is 11.5 Å². The SMILES string of the molecule is CCCCOc1ccc(Nc2nc(Nc3ccc(OCC)cc3)ncc2C(F)(F)F)cc1. The zero-order valence-corrected chi connectivity index (χ0v) is 17.9. The van der Waals surface area contributed by atoms with Gasteiger partial charge < -0.3 is 20.1 Å². The molecular weight excluding hydrogens is 421 g/mol. The molecule has 0 unspecified atom stereocenters. The van der Waals surface area contributed by atoms with E-state index in [1.165, 1.54) is 0 Å². The molecule has 3 rings (SSSR count). The van der Waals surface area contributed by atoms with Crippen LogP contribution < -0.4 is 20.1 Å². The molecule has 0 aliphatic heterocycles. The van der Waals surface area contributed by atoms with E-state index in [4.69, 9.17) is 9.47 Å². The first kappa shape index (κ1) is 23.2. The van der Waals surface area contributed by atoms with Crippen LogP contribution in [0.1, 0.15) is 32.3 Å². The molecule has 0 saturated heterocycles. The lowest BCUT2D eigenvalue weighted by molar-refractivity contribution is -0.137. The Morgan fingerprint density at radius 3 is 2.00 bits per heavy atom. The van der Waals surface area contributed by atoms with Crippen LogP contribution in [-0.2, 0) is 6.18 Å². The van der Waals surface area contributed by atoms with Gasteiger partial charge in [-0.25, -0.2) is 4.98 Å². The van der Waals surface area contributed by atoms with Crippen molar-refractivity contribution in [2.24, 2.45) is 0 Å². The van der Waals surface area contributed by atoms with Crippen LogP contribution in [0, 0.1) is 0 Å². The molecule has 0 radical (unpaired) electrons. The molecule has 0 atom stereocenters. The van der Waals surface area contributed by atoms with Crippen LogP contribution in [0.4, 0.5) is 36.3 Å². The number of aromatic nitrogens is 2. The third-order valence-electron chi connectivity index (χ3n) is 4.40. The highest BCUT2D eigenvalue weighted by molar-refractivity contribution is 5.63. The summed E-state index contributed by atoms with van der Waals surface area (Å²) in [5, 5.41) is 5.65. The second-order valence-electron chi connectivity index (χ2n) is 6.89. The van der Waals surface area contributed by atoms with E-state index in [1.807, 2.05) is 6.92 Å². The first-order chi connectivity index (χ1) is 15.4. The van der Waals surface area contributed by atoms with Crippen molar-refractivity contribution in [1.82, 2.24) is 9.97 Å². The number of nitrogens with one attached hydrogen (secondary N) is 2. The van der Waals surface area contributed by atoms with Crippen molar-refractivity contribution in [3.05, 3.63) is 60.3 Å². The Morgan fingerprint density at radius 2 is 1.44 bits per heavy atom. The fraction of sp³-hybridized carbons (Fsp3) is 0.304. The molecule has 0 spiro atoms. The lowest BCUT2D eigenvalue weighted by Crippen LogP contribution is -2.12. The van der Waals surface area contributed by atoms with E-state index >= 15 is 0 Å². The molecule has 0 amide bonds. The highest BCUT2D eigenvalue weighted by Crippen LogP contribution is 2.35. The Morgan fingerprint density at radius 1 is 0.844 bits per heavy atom. The standard InChI is InChI=1S/C23H25F3N4O2/c1-3-5-14-32-19-12-6-16(7-13-19)28-21-20(23(24,25)26)15-27-22(30-21)29-17-8-10-18(11-9-17)31-4-2/h6-13,15H,3-5,14H2,1-2H3,(H2,27,28,29,30). The number of halogens is 3. The minimum absolute atomic E-state index is 0.0316. The Bertz CT molecular complexity index is 994. The first-order valence-corrected chi connectivity index (χ1v) is 10.3. The Hall–Kier alpha value is -3.49. The van der Waals surface area contributed by atoms with Gasteiger partial charge in [-0.1, -0.05) is 13.3 Å². The van der Waals surface area contributed by atoms with Gasteiger partial charge in [-0.15, -0.1) is 0 Å². The minimum Gasteiger partial charge on any atom is -0.494 e. The molecule has 0 fully saturated rings. The Labute approximate surface area is 184 Å². The van der Waals surface area contributed by atoms with Crippen molar-refractivity contribution in [2.45, 2.75) is 32.9 Å². The van der Waals surface area contributed by atoms with Gasteiger partial charge >= 0.3 is 6.18 Å². The molecule has 0 bridgehead atoms. The molecule has 2 N–H and O–H groups in total. The predicted octanol–water partition coefficient (Wildman–Crippen LogP) is 6.56. The van der Waals surface area contributed by atoms with Gasteiger partial charge in [0.1, 0.15) is 22.9 Å². The summed E-state index contributed by atoms with van der Waals surface area (Å²) in [6.45, 7) is 5.07. The molecule has 3 aromatic rings. The third-order valence-corrected chi connectivity index (χ3v) is 4.40. The van der Waals surface area contributed by atoms with Gasteiger partial charge in [0.25, 0.3) is 0 Å². The molecule has 9 heteroatoms. The highest BCUT2D eigenvalue weighted by Gasteiger charge is 2.35. The number of alkyl halides is 3. The lowest BCUT2D eigenvalue weighted by Gasteiger charge is -2.15. The molecule has 170 valence electrons. The second-order valence-corrected chi connectivity index (χ2v) is 6.89. The normalized spacial score (nSPS) is 11.2. The molecule has 1 heterocycles. The number of rotatable bonds is 10. The zero-order chi connectivity index (χ0) is 23.0. The fourth-order valence-corrected chi connectivity index (χ4v) is 2.78. The molecule has 0 aliphatic rings. The van der Waals surface area contributed by atoms with E-state index in [9.17, 15) is 13.2 Å². The first-order valence-electron chi connectivity index (χ1n) is 10.3. The minimum atomic E-state index is -4.61. The van der Waals surface area contributed by atoms with E-state index in [-0.39, 0.29) is 11.8 Å². The third kappa shape index (κ3) is 6.50. The number of hydrogen-bond acceptors (Lipinski definition) is 6. The van der Waals surface area contributed by atoms with Crippen LogP contribution in [0.2, 0.25) is 0 Å². The van der Waals surface area contributed by atoms with Gasteiger partial charge in [0.05, 0.1) is 13.2 Å². The number of hydrogen-bond donors (Lipinski definition) is 2. The summed E-state index contributed by atoms with van der Waals surface area (Å²) in [6.07, 6.45) is -1.90. The number of anilines is 4. The predicted molar refractivity (Wildman–Crippen MR) is 118 cm³/mol. The monoisotopic (exact) mass is 446 g/mol. The fourth-order valence-electron chi connectivity index (χ4n) is 2.78. The molecule has 32 heavy (non-hydrogen) atoms. The zero-order valence-electron chi connectivity index (χ0n) is 17.9. The quantitative estimate of drug-likeness (QED) is 0.344. The molecule has 0 saturated carbocycles. The van der Waals surface area contributed by atoms with E-state index in [0.717, 1.165) is 19.0 Å². The van der Waals surface area contributed by atoms with E-state index in [2.05, 4.69) is 27.5 Å². The van der Waals surface area contributed by atoms with Crippen molar-refractivity contribution < 1.29 is 22.6 Å². The van der Waals surface area contributed by atoms with Crippen LogP contribution in [0.25, 0.3) is 0 Å². The summed E-state index contributed by atoms with van der Waals surface area (Å²) in [5.74, 6) is 1.03. The van der Waals surface area contributed by atoms with Gasteiger partial charge in [-0.3, -0.25) is 0 Å². The molecule has 6 nitrogen and oxygen atoms in total. The molecular formula is C23H25F3N4O2. The Balaban J connectivity index is 1.78. The average Bonchev–Trinajstić information content (AvgIpc) is 2.76.